The van der Waals surface area contributed by atoms with Crippen molar-refractivity contribution in [1.29, 1.82) is 0 Å². The zero-order chi connectivity index (χ0) is 24.6. The molecule has 4 atom stereocenters. The molecule has 0 aliphatic rings. The van der Waals surface area contributed by atoms with Gasteiger partial charge in [0.05, 0.1) is 12.2 Å². The predicted octanol–water partition coefficient (Wildman–Crippen LogP) is 3.76. The number of hydrogen-bond donors (Lipinski definition) is 3. The summed E-state index contributed by atoms with van der Waals surface area (Å²) in [4.78, 5) is 24.9. The second-order valence-corrected chi connectivity index (χ2v) is 9.16. The van der Waals surface area contributed by atoms with E-state index in [9.17, 15) is 9.59 Å². The molecular weight excluding hydrogens is 418 g/mol. The molecule has 0 spiro atoms. The summed E-state index contributed by atoms with van der Waals surface area (Å²) >= 11 is 0. The molecule has 0 radical (unpaired) electrons. The molecule has 33 heavy (non-hydrogen) atoms. The van der Waals surface area contributed by atoms with Crippen molar-refractivity contribution in [3.05, 3.63) is 29.8 Å². The summed E-state index contributed by atoms with van der Waals surface area (Å²) in [6, 6.07) is 7.22. The van der Waals surface area contributed by atoms with E-state index in [1.807, 2.05) is 25.1 Å². The van der Waals surface area contributed by atoms with Gasteiger partial charge in [0.2, 0.25) is 5.91 Å². The SMILES string of the molecule is CCCCNC(=O)[C@H](C)C[C@H](N)[C@@H](C)C[C@@H](C)CNC(=O)c1ccccc1OCCCOC. The van der Waals surface area contributed by atoms with Crippen LogP contribution in [0.2, 0.25) is 0 Å². The largest absolute Gasteiger partial charge is 0.493 e. The van der Waals surface area contributed by atoms with Crippen molar-refractivity contribution < 1.29 is 19.1 Å². The Labute approximate surface area is 200 Å². The number of unbranched alkanes of at least 4 members (excludes halogenated alkanes) is 1. The molecule has 2 amide bonds. The Kier molecular flexibility index (Phi) is 14.4. The number of rotatable bonds is 17. The number of carbonyl (C=O) groups excluding carboxylic acids is 2. The van der Waals surface area contributed by atoms with Crippen LogP contribution in [0.15, 0.2) is 24.3 Å². The zero-order valence-corrected chi connectivity index (χ0v) is 21.2. The van der Waals surface area contributed by atoms with Gasteiger partial charge >= 0.3 is 0 Å². The molecule has 0 unspecified atom stereocenters. The minimum atomic E-state index is -0.140. The maximum atomic E-state index is 12.7. The van der Waals surface area contributed by atoms with Gasteiger partial charge in [-0.25, -0.2) is 0 Å². The van der Waals surface area contributed by atoms with E-state index in [-0.39, 0.29) is 35.6 Å². The molecule has 0 bridgehead atoms. The van der Waals surface area contributed by atoms with Crippen LogP contribution in [0.1, 0.15) is 70.2 Å². The van der Waals surface area contributed by atoms with E-state index >= 15 is 0 Å². The number of para-hydroxylation sites is 1. The van der Waals surface area contributed by atoms with Crippen LogP contribution in [-0.2, 0) is 9.53 Å². The number of ether oxygens (including phenoxy) is 2. The van der Waals surface area contributed by atoms with Crippen LogP contribution >= 0.6 is 0 Å². The molecule has 4 N–H and O–H groups in total. The number of benzene rings is 1. The van der Waals surface area contributed by atoms with Crippen molar-refractivity contribution >= 4 is 11.8 Å². The van der Waals surface area contributed by atoms with E-state index in [0.29, 0.717) is 37.5 Å². The van der Waals surface area contributed by atoms with E-state index in [1.54, 1.807) is 13.2 Å². The standard InChI is InChI=1S/C26H45N3O4/c1-6-7-13-28-25(30)21(4)17-23(27)20(3)16-19(2)18-29-26(31)22-11-8-9-12-24(22)33-15-10-14-32-5/h8-9,11-12,19-21,23H,6-7,10,13-18,27H2,1-5H3,(H,28,30)(H,29,31)/t19-,20+,21-,23+/m1/s1. The predicted molar refractivity (Wildman–Crippen MR) is 133 cm³/mol. The fourth-order valence-electron chi connectivity index (χ4n) is 3.73. The third-order valence-corrected chi connectivity index (χ3v) is 5.90. The highest BCUT2D eigenvalue weighted by molar-refractivity contribution is 5.96. The maximum Gasteiger partial charge on any atom is 0.255 e. The Hall–Kier alpha value is -2.12. The minimum Gasteiger partial charge on any atom is -0.493 e. The van der Waals surface area contributed by atoms with Crippen LogP contribution in [-0.4, -0.2) is 51.3 Å². The topological polar surface area (TPSA) is 103 Å². The summed E-state index contributed by atoms with van der Waals surface area (Å²) in [5.41, 5.74) is 6.94. The van der Waals surface area contributed by atoms with Crippen LogP contribution in [0.5, 0.6) is 5.75 Å². The number of carbonyl (C=O) groups is 2. The monoisotopic (exact) mass is 463 g/mol. The average molecular weight is 464 g/mol. The highest BCUT2D eigenvalue weighted by Crippen LogP contribution is 2.21. The molecule has 0 aromatic heterocycles. The van der Waals surface area contributed by atoms with E-state index in [2.05, 4.69) is 31.4 Å². The number of hydrogen-bond acceptors (Lipinski definition) is 5. The van der Waals surface area contributed by atoms with Gasteiger partial charge < -0.3 is 25.8 Å². The second kappa shape index (κ2) is 16.5. The van der Waals surface area contributed by atoms with Crippen molar-refractivity contribution in [2.45, 2.75) is 65.8 Å². The molecule has 7 heteroatoms. The molecule has 0 saturated carbocycles. The Morgan fingerprint density at radius 1 is 1.03 bits per heavy atom. The Morgan fingerprint density at radius 3 is 2.45 bits per heavy atom. The van der Waals surface area contributed by atoms with Gasteiger partial charge in [0.25, 0.3) is 5.91 Å². The first-order chi connectivity index (χ1) is 15.8. The van der Waals surface area contributed by atoms with Crippen LogP contribution in [0.3, 0.4) is 0 Å². The van der Waals surface area contributed by atoms with Crippen LogP contribution < -0.4 is 21.1 Å². The van der Waals surface area contributed by atoms with Gasteiger partial charge in [-0.2, -0.15) is 0 Å². The van der Waals surface area contributed by atoms with Gasteiger partial charge in [0.15, 0.2) is 0 Å². The lowest BCUT2D eigenvalue weighted by atomic mass is 9.86. The lowest BCUT2D eigenvalue weighted by Gasteiger charge is -2.25. The Balaban J connectivity index is 2.45. The summed E-state index contributed by atoms with van der Waals surface area (Å²) in [7, 11) is 1.66. The molecule has 0 saturated heterocycles. The highest BCUT2D eigenvalue weighted by Gasteiger charge is 2.22. The first-order valence-corrected chi connectivity index (χ1v) is 12.3. The summed E-state index contributed by atoms with van der Waals surface area (Å²) < 4.78 is 10.8. The van der Waals surface area contributed by atoms with Gasteiger partial charge in [0.1, 0.15) is 5.75 Å². The lowest BCUT2D eigenvalue weighted by molar-refractivity contribution is -0.124. The van der Waals surface area contributed by atoms with E-state index in [1.165, 1.54) is 0 Å². The van der Waals surface area contributed by atoms with Gasteiger partial charge in [0, 0.05) is 45.2 Å². The summed E-state index contributed by atoms with van der Waals surface area (Å²) in [6.45, 7) is 10.7. The van der Waals surface area contributed by atoms with Crippen molar-refractivity contribution in [3.8, 4) is 5.75 Å². The lowest BCUT2D eigenvalue weighted by Crippen LogP contribution is -2.38. The Bertz CT molecular complexity index is 698. The zero-order valence-electron chi connectivity index (χ0n) is 21.2. The third-order valence-electron chi connectivity index (χ3n) is 5.90. The van der Waals surface area contributed by atoms with Crippen molar-refractivity contribution in [2.75, 3.05) is 33.4 Å². The van der Waals surface area contributed by atoms with Crippen molar-refractivity contribution in [3.63, 3.8) is 0 Å². The number of amides is 2. The molecule has 1 aromatic rings. The van der Waals surface area contributed by atoms with Crippen LogP contribution in [0.25, 0.3) is 0 Å². The quantitative estimate of drug-likeness (QED) is 0.305. The first-order valence-electron chi connectivity index (χ1n) is 12.3. The fourth-order valence-corrected chi connectivity index (χ4v) is 3.73. The molecule has 7 nitrogen and oxygen atoms in total. The van der Waals surface area contributed by atoms with Gasteiger partial charge in [-0.05, 0) is 43.2 Å². The molecule has 0 heterocycles. The van der Waals surface area contributed by atoms with Crippen molar-refractivity contribution in [1.82, 2.24) is 10.6 Å². The number of nitrogens with one attached hydrogen (secondary N) is 2. The van der Waals surface area contributed by atoms with E-state index < -0.39 is 0 Å². The maximum absolute atomic E-state index is 12.7. The van der Waals surface area contributed by atoms with E-state index in [4.69, 9.17) is 15.2 Å². The number of methoxy groups -OCH3 is 1. The van der Waals surface area contributed by atoms with E-state index in [0.717, 1.165) is 32.2 Å². The molecule has 0 aliphatic heterocycles. The minimum absolute atomic E-state index is 0.0590. The van der Waals surface area contributed by atoms with Gasteiger partial charge in [-0.3, -0.25) is 9.59 Å². The number of nitrogens with two attached hydrogens (primary N) is 1. The molecule has 188 valence electrons. The smallest absolute Gasteiger partial charge is 0.255 e. The van der Waals surface area contributed by atoms with Gasteiger partial charge in [-0.15, -0.1) is 0 Å². The first kappa shape index (κ1) is 28.9. The van der Waals surface area contributed by atoms with Gasteiger partial charge in [-0.1, -0.05) is 46.2 Å². The molecular formula is C26H45N3O4. The fraction of sp³-hybridized carbons (Fsp3) is 0.692. The average Bonchev–Trinajstić information content (AvgIpc) is 2.80. The molecule has 0 fully saturated rings. The normalized spacial score (nSPS) is 14.7. The Morgan fingerprint density at radius 2 is 1.76 bits per heavy atom. The molecule has 1 rings (SSSR count). The second-order valence-electron chi connectivity index (χ2n) is 9.16. The third kappa shape index (κ3) is 11.5. The summed E-state index contributed by atoms with van der Waals surface area (Å²) in [5, 5.41) is 6.01. The molecule has 1 aromatic carbocycles. The molecule has 0 aliphatic carbocycles. The van der Waals surface area contributed by atoms with Crippen LogP contribution in [0.4, 0.5) is 0 Å². The van der Waals surface area contributed by atoms with Crippen molar-refractivity contribution in [2.24, 2.45) is 23.5 Å². The highest BCUT2D eigenvalue weighted by atomic mass is 16.5. The summed E-state index contributed by atoms with van der Waals surface area (Å²) in [6.07, 6.45) is 4.36. The van der Waals surface area contributed by atoms with Crippen LogP contribution in [0, 0.1) is 17.8 Å². The summed E-state index contributed by atoms with van der Waals surface area (Å²) in [5.74, 6) is 0.931.